The third-order valence-electron chi connectivity index (χ3n) is 2.53. The topological polar surface area (TPSA) is 32.6 Å². The molecule has 3 heteroatoms. The molecule has 0 unspecified atom stereocenters. The molecule has 2 rings (SSSR count). The van der Waals surface area contributed by atoms with Gasteiger partial charge in [-0.2, -0.15) is 0 Å². The van der Waals surface area contributed by atoms with Gasteiger partial charge in [-0.25, -0.2) is 0 Å². The number of hydrogen-bond donors (Lipinski definition) is 1. The fraction of sp³-hybridized carbons (Fsp3) is 0.364. The van der Waals surface area contributed by atoms with Crippen LogP contribution in [-0.2, 0) is 5.75 Å². The van der Waals surface area contributed by atoms with Gasteiger partial charge in [-0.3, -0.25) is 0 Å². The Morgan fingerprint density at radius 3 is 2.79 bits per heavy atom. The lowest BCUT2D eigenvalue weighted by molar-refractivity contribution is 0.317. The minimum Gasteiger partial charge on any atom is -0.411 e. The molecule has 0 saturated heterocycles. The first-order chi connectivity index (χ1) is 6.65. The first-order valence-electron chi connectivity index (χ1n) is 4.60. The predicted molar refractivity (Wildman–Crippen MR) is 60.1 cm³/mol. The molecule has 0 saturated carbocycles. The van der Waals surface area contributed by atoms with Crippen LogP contribution >= 0.6 is 11.8 Å². The normalized spacial score (nSPS) is 22.0. The molecule has 74 valence electrons. The van der Waals surface area contributed by atoms with E-state index in [-0.39, 0.29) is 4.75 Å². The van der Waals surface area contributed by atoms with Crippen LogP contribution in [0.1, 0.15) is 25.0 Å². The Kier molecular flexibility index (Phi) is 2.27. The smallest absolute Gasteiger partial charge is 0.103 e. The van der Waals surface area contributed by atoms with Crippen molar-refractivity contribution in [2.24, 2.45) is 5.16 Å². The van der Waals surface area contributed by atoms with E-state index in [1.807, 2.05) is 18.2 Å². The molecule has 0 radical (unpaired) electrons. The van der Waals surface area contributed by atoms with Crippen LogP contribution in [-0.4, -0.2) is 15.7 Å². The lowest BCUT2D eigenvalue weighted by Crippen LogP contribution is -2.33. The van der Waals surface area contributed by atoms with Gasteiger partial charge < -0.3 is 5.21 Å². The summed E-state index contributed by atoms with van der Waals surface area (Å²) >= 11 is 1.80. The molecule has 0 aliphatic carbocycles. The first-order valence-corrected chi connectivity index (χ1v) is 5.58. The largest absolute Gasteiger partial charge is 0.411 e. The van der Waals surface area contributed by atoms with Crippen molar-refractivity contribution in [1.29, 1.82) is 0 Å². The molecule has 1 aromatic rings. The Hall–Kier alpha value is -0.960. The standard InChI is InChI=1S/C11H13NOS/c1-11(2)10(12-13)9-6-4-3-5-8(9)7-14-11/h3-6,13H,7H2,1-2H3. The summed E-state index contributed by atoms with van der Waals surface area (Å²) in [7, 11) is 0. The maximum atomic E-state index is 9.05. The molecule has 0 bridgehead atoms. The third kappa shape index (κ3) is 1.42. The van der Waals surface area contributed by atoms with Gasteiger partial charge in [0.15, 0.2) is 0 Å². The van der Waals surface area contributed by atoms with E-state index in [4.69, 9.17) is 5.21 Å². The van der Waals surface area contributed by atoms with E-state index >= 15 is 0 Å². The zero-order valence-corrected chi connectivity index (χ0v) is 9.14. The Labute approximate surface area is 88.0 Å². The van der Waals surface area contributed by atoms with Gasteiger partial charge in [0.25, 0.3) is 0 Å². The highest BCUT2D eigenvalue weighted by Crippen LogP contribution is 2.38. The van der Waals surface area contributed by atoms with Crippen LogP contribution in [0.4, 0.5) is 0 Å². The molecule has 0 fully saturated rings. The van der Waals surface area contributed by atoms with Gasteiger partial charge in [0, 0.05) is 11.3 Å². The molecule has 1 aliphatic heterocycles. The molecule has 2 nitrogen and oxygen atoms in total. The molecule has 0 atom stereocenters. The monoisotopic (exact) mass is 207 g/mol. The summed E-state index contributed by atoms with van der Waals surface area (Å²) in [6.07, 6.45) is 0. The zero-order valence-electron chi connectivity index (χ0n) is 8.32. The van der Waals surface area contributed by atoms with Crippen molar-refractivity contribution in [2.75, 3.05) is 0 Å². The molecular weight excluding hydrogens is 194 g/mol. The van der Waals surface area contributed by atoms with Crippen molar-refractivity contribution in [2.45, 2.75) is 24.3 Å². The van der Waals surface area contributed by atoms with Gasteiger partial charge in [0.05, 0.1) is 4.75 Å². The second kappa shape index (κ2) is 3.31. The Bertz CT molecular complexity index is 385. The van der Waals surface area contributed by atoms with Crippen molar-refractivity contribution in [3.05, 3.63) is 35.4 Å². The second-order valence-corrected chi connectivity index (χ2v) is 5.50. The summed E-state index contributed by atoms with van der Waals surface area (Å²) in [6.45, 7) is 4.17. The highest BCUT2D eigenvalue weighted by atomic mass is 32.2. The fourth-order valence-corrected chi connectivity index (χ4v) is 2.76. The van der Waals surface area contributed by atoms with E-state index in [0.717, 1.165) is 17.0 Å². The Balaban J connectivity index is 2.57. The van der Waals surface area contributed by atoms with Crippen LogP contribution in [0.25, 0.3) is 0 Å². The minimum absolute atomic E-state index is 0.0941. The van der Waals surface area contributed by atoms with Gasteiger partial charge in [-0.05, 0) is 19.4 Å². The Morgan fingerprint density at radius 2 is 2.07 bits per heavy atom. The number of hydrogen-bond acceptors (Lipinski definition) is 3. The predicted octanol–water partition coefficient (Wildman–Crippen LogP) is 2.89. The summed E-state index contributed by atoms with van der Waals surface area (Å²) in [6, 6.07) is 8.11. The number of fused-ring (bicyclic) bond motifs is 1. The fourth-order valence-electron chi connectivity index (χ4n) is 1.70. The summed E-state index contributed by atoms with van der Waals surface area (Å²) in [5.74, 6) is 0.988. The van der Waals surface area contributed by atoms with E-state index < -0.39 is 0 Å². The maximum absolute atomic E-state index is 9.05. The molecule has 1 heterocycles. The average molecular weight is 207 g/mol. The highest BCUT2D eigenvalue weighted by molar-refractivity contribution is 8.00. The van der Waals surface area contributed by atoms with Crippen molar-refractivity contribution in [3.8, 4) is 0 Å². The Morgan fingerprint density at radius 1 is 1.36 bits per heavy atom. The quantitative estimate of drug-likeness (QED) is 0.524. The van der Waals surface area contributed by atoms with Gasteiger partial charge in [-0.15, -0.1) is 11.8 Å². The number of benzene rings is 1. The number of nitrogens with zero attached hydrogens (tertiary/aromatic N) is 1. The van der Waals surface area contributed by atoms with Crippen molar-refractivity contribution < 1.29 is 5.21 Å². The summed E-state index contributed by atoms with van der Waals surface area (Å²) in [5.41, 5.74) is 3.12. The second-order valence-electron chi connectivity index (χ2n) is 3.90. The van der Waals surface area contributed by atoms with E-state index in [9.17, 15) is 0 Å². The third-order valence-corrected chi connectivity index (χ3v) is 3.90. The SMILES string of the molecule is CC1(C)SCc2ccccc2C1=NO. The maximum Gasteiger partial charge on any atom is 0.103 e. The lowest BCUT2D eigenvalue weighted by Gasteiger charge is -2.31. The van der Waals surface area contributed by atoms with Gasteiger partial charge in [-0.1, -0.05) is 29.4 Å². The molecule has 1 N–H and O–H groups in total. The van der Waals surface area contributed by atoms with Crippen LogP contribution in [0.5, 0.6) is 0 Å². The summed E-state index contributed by atoms with van der Waals surface area (Å²) < 4.78 is -0.0941. The molecule has 1 aliphatic rings. The van der Waals surface area contributed by atoms with Crippen molar-refractivity contribution >= 4 is 17.5 Å². The van der Waals surface area contributed by atoms with Crippen LogP contribution in [0.2, 0.25) is 0 Å². The summed E-state index contributed by atoms with van der Waals surface area (Å²) in [5, 5.41) is 12.5. The van der Waals surface area contributed by atoms with Crippen LogP contribution in [0, 0.1) is 0 Å². The highest BCUT2D eigenvalue weighted by Gasteiger charge is 2.33. The van der Waals surface area contributed by atoms with Crippen molar-refractivity contribution in [1.82, 2.24) is 0 Å². The summed E-state index contributed by atoms with van der Waals surface area (Å²) in [4.78, 5) is 0. The first kappa shape index (κ1) is 9.59. The number of rotatable bonds is 0. The van der Waals surface area contributed by atoms with Gasteiger partial charge >= 0.3 is 0 Å². The van der Waals surface area contributed by atoms with Gasteiger partial charge in [0.1, 0.15) is 5.71 Å². The molecular formula is C11H13NOS. The van der Waals surface area contributed by atoms with Crippen LogP contribution < -0.4 is 0 Å². The van der Waals surface area contributed by atoms with E-state index in [1.165, 1.54) is 5.56 Å². The molecule has 0 aromatic heterocycles. The van der Waals surface area contributed by atoms with Crippen LogP contribution in [0.3, 0.4) is 0 Å². The molecule has 14 heavy (non-hydrogen) atoms. The molecule has 1 aromatic carbocycles. The zero-order chi connectivity index (χ0) is 10.2. The van der Waals surface area contributed by atoms with Crippen molar-refractivity contribution in [3.63, 3.8) is 0 Å². The lowest BCUT2D eigenvalue weighted by atomic mass is 9.95. The molecule has 0 spiro atoms. The average Bonchev–Trinajstić information content (AvgIpc) is 2.17. The van der Waals surface area contributed by atoms with E-state index in [1.54, 1.807) is 11.8 Å². The number of thioether (sulfide) groups is 1. The van der Waals surface area contributed by atoms with E-state index in [0.29, 0.717) is 0 Å². The number of oxime groups is 1. The minimum atomic E-state index is -0.0941. The molecule has 0 amide bonds. The van der Waals surface area contributed by atoms with Crippen LogP contribution in [0.15, 0.2) is 29.4 Å². The van der Waals surface area contributed by atoms with E-state index in [2.05, 4.69) is 25.1 Å². The van der Waals surface area contributed by atoms with Gasteiger partial charge in [0.2, 0.25) is 0 Å².